The van der Waals surface area contributed by atoms with E-state index in [9.17, 15) is 4.79 Å². The molecule has 0 aromatic carbocycles. The molecule has 0 aliphatic heterocycles. The summed E-state index contributed by atoms with van der Waals surface area (Å²) in [5.74, 6) is 0. The fourth-order valence-corrected chi connectivity index (χ4v) is 1.05. The van der Waals surface area contributed by atoms with E-state index >= 15 is 0 Å². The maximum atomic E-state index is 11.1. The lowest BCUT2D eigenvalue weighted by Gasteiger charge is -2.18. The monoisotopic (exact) mass is 201 g/mol. The van der Waals surface area contributed by atoms with Crippen molar-refractivity contribution in [2.45, 2.75) is 26.4 Å². The SMILES string of the molecule is CC(C)(C)OC(=O)Nc1nncs1. The maximum Gasteiger partial charge on any atom is 0.414 e. The third kappa shape index (κ3) is 3.84. The molecule has 0 spiro atoms. The van der Waals surface area contributed by atoms with Crippen LogP contribution in [0.15, 0.2) is 5.51 Å². The Kier molecular flexibility index (Phi) is 2.82. The number of anilines is 1. The number of hydrogen-bond donors (Lipinski definition) is 1. The van der Waals surface area contributed by atoms with Gasteiger partial charge in [-0.3, -0.25) is 5.32 Å². The second-order valence-electron chi connectivity index (χ2n) is 3.37. The van der Waals surface area contributed by atoms with Crippen molar-refractivity contribution < 1.29 is 9.53 Å². The molecule has 6 heteroatoms. The summed E-state index contributed by atoms with van der Waals surface area (Å²) in [4.78, 5) is 11.1. The number of nitrogens with one attached hydrogen (secondary N) is 1. The molecule has 0 unspecified atom stereocenters. The van der Waals surface area contributed by atoms with Crippen LogP contribution in [0.4, 0.5) is 9.93 Å². The van der Waals surface area contributed by atoms with Gasteiger partial charge in [-0.1, -0.05) is 11.3 Å². The van der Waals surface area contributed by atoms with Crippen LogP contribution in [-0.2, 0) is 4.74 Å². The molecule has 1 aromatic rings. The van der Waals surface area contributed by atoms with Crippen LogP contribution in [0.2, 0.25) is 0 Å². The first-order valence-electron chi connectivity index (χ1n) is 3.73. The molecule has 1 aromatic heterocycles. The molecule has 0 bridgehead atoms. The Hall–Kier alpha value is -1.17. The third-order valence-electron chi connectivity index (χ3n) is 0.968. The molecule has 1 amide bonds. The number of ether oxygens (including phenoxy) is 1. The maximum absolute atomic E-state index is 11.1. The van der Waals surface area contributed by atoms with Gasteiger partial charge in [0.25, 0.3) is 0 Å². The van der Waals surface area contributed by atoms with E-state index in [1.54, 1.807) is 20.8 Å². The molecule has 13 heavy (non-hydrogen) atoms. The van der Waals surface area contributed by atoms with E-state index < -0.39 is 11.7 Å². The standard InChI is InChI=1S/C7H11N3O2S/c1-7(2,3)12-6(11)9-5-10-8-4-13-5/h4H,1-3H3,(H,9,10,11). The largest absolute Gasteiger partial charge is 0.444 e. The molecule has 72 valence electrons. The van der Waals surface area contributed by atoms with Gasteiger partial charge in [-0.25, -0.2) is 4.79 Å². The van der Waals surface area contributed by atoms with E-state index in [1.807, 2.05) is 0 Å². The van der Waals surface area contributed by atoms with E-state index in [2.05, 4.69) is 15.5 Å². The number of carbonyl (C=O) groups excluding carboxylic acids is 1. The molecule has 0 aliphatic rings. The van der Waals surface area contributed by atoms with Crippen molar-refractivity contribution in [1.82, 2.24) is 10.2 Å². The van der Waals surface area contributed by atoms with Gasteiger partial charge < -0.3 is 4.74 Å². The lowest BCUT2D eigenvalue weighted by atomic mass is 10.2. The van der Waals surface area contributed by atoms with Crippen LogP contribution in [0, 0.1) is 0 Å². The van der Waals surface area contributed by atoms with Crippen LogP contribution in [0.5, 0.6) is 0 Å². The van der Waals surface area contributed by atoms with Gasteiger partial charge >= 0.3 is 6.09 Å². The summed E-state index contributed by atoms with van der Waals surface area (Å²) >= 11 is 1.24. The van der Waals surface area contributed by atoms with Crippen LogP contribution in [-0.4, -0.2) is 21.9 Å². The van der Waals surface area contributed by atoms with Gasteiger partial charge in [-0.15, -0.1) is 10.2 Å². The smallest absolute Gasteiger partial charge is 0.414 e. The topological polar surface area (TPSA) is 64.1 Å². The first kappa shape index (κ1) is 9.91. The fraction of sp³-hybridized carbons (Fsp3) is 0.571. The molecular formula is C7H11N3O2S. The average Bonchev–Trinajstić information content (AvgIpc) is 2.34. The molecule has 0 saturated heterocycles. The molecule has 0 atom stereocenters. The summed E-state index contributed by atoms with van der Waals surface area (Å²) in [5.41, 5.74) is 1.04. The molecule has 0 radical (unpaired) electrons. The summed E-state index contributed by atoms with van der Waals surface area (Å²) < 4.78 is 5.00. The molecule has 1 heterocycles. The van der Waals surface area contributed by atoms with Crippen molar-refractivity contribution in [3.63, 3.8) is 0 Å². The highest BCUT2D eigenvalue weighted by Gasteiger charge is 2.16. The van der Waals surface area contributed by atoms with E-state index in [0.29, 0.717) is 5.13 Å². The van der Waals surface area contributed by atoms with Gasteiger partial charge in [0.1, 0.15) is 11.1 Å². The second-order valence-corrected chi connectivity index (χ2v) is 4.20. The minimum atomic E-state index is -0.510. The molecule has 0 saturated carbocycles. The van der Waals surface area contributed by atoms with Crippen LogP contribution in [0.1, 0.15) is 20.8 Å². The highest BCUT2D eigenvalue weighted by Crippen LogP contribution is 2.12. The van der Waals surface area contributed by atoms with E-state index in [4.69, 9.17) is 4.74 Å². The highest BCUT2D eigenvalue weighted by atomic mass is 32.1. The molecule has 1 N–H and O–H groups in total. The first-order chi connectivity index (χ1) is 5.97. The van der Waals surface area contributed by atoms with Crippen LogP contribution < -0.4 is 5.32 Å². The molecule has 1 rings (SSSR count). The van der Waals surface area contributed by atoms with Crippen molar-refractivity contribution in [3.8, 4) is 0 Å². The molecular weight excluding hydrogens is 190 g/mol. The van der Waals surface area contributed by atoms with Crippen molar-refractivity contribution in [2.75, 3.05) is 5.32 Å². The van der Waals surface area contributed by atoms with Crippen molar-refractivity contribution >= 4 is 22.6 Å². The summed E-state index contributed by atoms with van der Waals surface area (Å²) in [6.45, 7) is 5.39. The van der Waals surface area contributed by atoms with E-state index in [1.165, 1.54) is 16.8 Å². The zero-order valence-corrected chi connectivity index (χ0v) is 8.51. The number of hydrogen-bond acceptors (Lipinski definition) is 5. The van der Waals surface area contributed by atoms with E-state index in [0.717, 1.165) is 0 Å². The normalized spacial score (nSPS) is 11.0. The Morgan fingerprint density at radius 2 is 2.31 bits per heavy atom. The summed E-state index contributed by atoms with van der Waals surface area (Å²) in [6.07, 6.45) is -0.510. The van der Waals surface area contributed by atoms with Crippen molar-refractivity contribution in [1.29, 1.82) is 0 Å². The van der Waals surface area contributed by atoms with Gasteiger partial charge in [0.2, 0.25) is 5.13 Å². The minimum absolute atomic E-state index is 0.439. The minimum Gasteiger partial charge on any atom is -0.444 e. The highest BCUT2D eigenvalue weighted by molar-refractivity contribution is 7.13. The quantitative estimate of drug-likeness (QED) is 0.753. The van der Waals surface area contributed by atoms with Gasteiger partial charge in [-0.2, -0.15) is 0 Å². The third-order valence-corrected chi connectivity index (χ3v) is 1.57. The van der Waals surface area contributed by atoms with E-state index in [-0.39, 0.29) is 0 Å². The molecule has 5 nitrogen and oxygen atoms in total. The van der Waals surface area contributed by atoms with Gasteiger partial charge in [0, 0.05) is 0 Å². The molecule has 0 fully saturated rings. The fourth-order valence-electron chi connectivity index (χ4n) is 0.618. The predicted octanol–water partition coefficient (Wildman–Crippen LogP) is 1.89. The zero-order chi connectivity index (χ0) is 9.90. The first-order valence-corrected chi connectivity index (χ1v) is 4.61. The van der Waals surface area contributed by atoms with Gasteiger partial charge in [0.05, 0.1) is 0 Å². The zero-order valence-electron chi connectivity index (χ0n) is 7.70. The summed E-state index contributed by atoms with van der Waals surface area (Å²) in [7, 11) is 0. The number of aromatic nitrogens is 2. The molecule has 0 aliphatic carbocycles. The number of amides is 1. The average molecular weight is 201 g/mol. The van der Waals surface area contributed by atoms with Crippen LogP contribution in [0.3, 0.4) is 0 Å². The lowest BCUT2D eigenvalue weighted by Crippen LogP contribution is -2.27. The van der Waals surface area contributed by atoms with Gasteiger partial charge in [0.15, 0.2) is 0 Å². The van der Waals surface area contributed by atoms with Crippen molar-refractivity contribution in [3.05, 3.63) is 5.51 Å². The second kappa shape index (κ2) is 3.69. The predicted molar refractivity (Wildman–Crippen MR) is 49.8 cm³/mol. The number of rotatable bonds is 1. The summed E-state index contributed by atoms with van der Waals surface area (Å²) in [6, 6.07) is 0. The Bertz CT molecular complexity index is 278. The van der Waals surface area contributed by atoms with Gasteiger partial charge in [-0.05, 0) is 20.8 Å². The Morgan fingerprint density at radius 3 is 2.77 bits per heavy atom. The number of carbonyl (C=O) groups is 1. The van der Waals surface area contributed by atoms with Crippen LogP contribution in [0.25, 0.3) is 0 Å². The van der Waals surface area contributed by atoms with Crippen molar-refractivity contribution in [2.24, 2.45) is 0 Å². The lowest BCUT2D eigenvalue weighted by molar-refractivity contribution is 0.0636. The Labute approximate surface area is 80.1 Å². The number of nitrogens with zero attached hydrogens (tertiary/aromatic N) is 2. The Morgan fingerprint density at radius 1 is 1.62 bits per heavy atom. The summed E-state index contributed by atoms with van der Waals surface area (Å²) in [5, 5.41) is 10.1. The Balaban J connectivity index is 2.43. The van der Waals surface area contributed by atoms with Crippen LogP contribution >= 0.6 is 11.3 Å².